The lowest BCUT2D eigenvalue weighted by Crippen LogP contribution is -2.41. The minimum absolute atomic E-state index is 0.120. The Morgan fingerprint density at radius 2 is 1.76 bits per heavy atom. The number of carbonyl (C=O) groups is 1. The molecule has 0 aliphatic carbocycles. The number of para-hydroxylation sites is 1. The predicted molar refractivity (Wildman–Crippen MR) is 96.3 cm³/mol. The molecule has 0 atom stereocenters. The van der Waals surface area contributed by atoms with Crippen LogP contribution in [0.15, 0.2) is 64.5 Å². The van der Waals surface area contributed by atoms with Crippen LogP contribution in [0.4, 0.5) is 5.69 Å². The van der Waals surface area contributed by atoms with Crippen LogP contribution in [0.5, 0.6) is 0 Å². The van der Waals surface area contributed by atoms with E-state index in [0.29, 0.717) is 12.2 Å². The molecular formula is C18H19N3O3S. The Hall–Kier alpha value is -2.67. The zero-order valence-corrected chi connectivity index (χ0v) is 14.4. The fraction of sp³-hybridized carbons (Fsp3) is 0.222. The average Bonchev–Trinajstić information content (AvgIpc) is 2.62. The van der Waals surface area contributed by atoms with Gasteiger partial charge in [-0.3, -0.25) is 4.79 Å². The number of carbonyl (C=O) groups excluding carboxylic acids is 1. The lowest BCUT2D eigenvalue weighted by atomic mass is 10.1. The third-order valence-corrected chi connectivity index (χ3v) is 5.63. The van der Waals surface area contributed by atoms with Crippen molar-refractivity contribution in [2.45, 2.75) is 17.7 Å². The molecule has 0 saturated carbocycles. The van der Waals surface area contributed by atoms with Crippen molar-refractivity contribution in [3.8, 4) is 0 Å². The van der Waals surface area contributed by atoms with E-state index in [-0.39, 0.29) is 17.3 Å². The van der Waals surface area contributed by atoms with Gasteiger partial charge in [0.2, 0.25) is 5.91 Å². The minimum Gasteiger partial charge on any atom is -0.355 e. The maximum absolute atomic E-state index is 12.5. The van der Waals surface area contributed by atoms with Gasteiger partial charge in [-0.1, -0.05) is 42.5 Å². The summed E-state index contributed by atoms with van der Waals surface area (Å²) in [5.41, 5.74) is 1.60. The van der Waals surface area contributed by atoms with Crippen LogP contribution < -0.4 is 5.32 Å². The largest absolute Gasteiger partial charge is 0.355 e. The van der Waals surface area contributed by atoms with E-state index in [2.05, 4.69) is 10.3 Å². The molecular weight excluding hydrogens is 338 g/mol. The van der Waals surface area contributed by atoms with Crippen LogP contribution in [0.3, 0.4) is 0 Å². The molecule has 7 heteroatoms. The monoisotopic (exact) mass is 357 g/mol. The topological polar surface area (TPSA) is 78.8 Å². The van der Waals surface area contributed by atoms with Crippen LogP contribution in [-0.4, -0.2) is 38.1 Å². The fourth-order valence-corrected chi connectivity index (χ4v) is 3.93. The van der Waals surface area contributed by atoms with Crippen molar-refractivity contribution in [2.75, 3.05) is 13.1 Å². The third-order valence-electron chi connectivity index (χ3n) is 3.88. The van der Waals surface area contributed by atoms with Gasteiger partial charge in [-0.2, -0.15) is 0 Å². The van der Waals surface area contributed by atoms with Crippen molar-refractivity contribution in [1.29, 1.82) is 0 Å². The standard InChI is InChI=1S/C18H19N3O3S/c22-18(19-12-6-9-15-7-2-1-3-8-15)13-21-14-20-16-10-4-5-11-17(16)25(21,23)24/h1-5,7-8,10-11,14H,6,9,12-13H2,(H,19,22). The summed E-state index contributed by atoms with van der Waals surface area (Å²) in [4.78, 5) is 16.3. The van der Waals surface area contributed by atoms with Crippen LogP contribution in [0.2, 0.25) is 0 Å². The van der Waals surface area contributed by atoms with Gasteiger partial charge in [0.25, 0.3) is 10.0 Å². The number of hydrogen-bond donors (Lipinski definition) is 1. The summed E-state index contributed by atoms with van der Waals surface area (Å²) in [5.74, 6) is -0.345. The molecule has 1 aliphatic heterocycles. The van der Waals surface area contributed by atoms with Gasteiger partial charge in [0, 0.05) is 6.54 Å². The van der Waals surface area contributed by atoms with Crippen molar-refractivity contribution >= 4 is 28.0 Å². The molecule has 1 aliphatic rings. The van der Waals surface area contributed by atoms with E-state index in [4.69, 9.17) is 0 Å². The first kappa shape index (κ1) is 17.2. The van der Waals surface area contributed by atoms with Gasteiger partial charge in [-0.15, -0.1) is 0 Å². The summed E-state index contributed by atoms with van der Waals surface area (Å²) in [6, 6.07) is 16.5. The third kappa shape index (κ3) is 4.06. The number of aryl methyl sites for hydroxylation is 1. The first-order valence-electron chi connectivity index (χ1n) is 8.03. The summed E-state index contributed by atoms with van der Waals surface area (Å²) in [6.07, 6.45) is 2.85. The lowest BCUT2D eigenvalue weighted by Gasteiger charge is -2.23. The van der Waals surface area contributed by atoms with Gasteiger partial charge >= 0.3 is 0 Å². The number of aliphatic imine (C=N–C) groups is 1. The molecule has 25 heavy (non-hydrogen) atoms. The van der Waals surface area contributed by atoms with E-state index in [1.165, 1.54) is 18.0 Å². The van der Waals surface area contributed by atoms with Crippen LogP contribution >= 0.6 is 0 Å². The van der Waals surface area contributed by atoms with Crippen LogP contribution in [0.25, 0.3) is 0 Å². The Balaban J connectivity index is 1.52. The molecule has 1 heterocycles. The number of nitrogens with one attached hydrogen (secondary N) is 1. The summed E-state index contributed by atoms with van der Waals surface area (Å²) in [7, 11) is -3.73. The fourth-order valence-electron chi connectivity index (χ4n) is 2.59. The van der Waals surface area contributed by atoms with Crippen LogP contribution in [0.1, 0.15) is 12.0 Å². The molecule has 0 bridgehead atoms. The van der Waals surface area contributed by atoms with E-state index < -0.39 is 10.0 Å². The van der Waals surface area contributed by atoms with Crippen molar-refractivity contribution in [3.63, 3.8) is 0 Å². The zero-order chi connectivity index (χ0) is 17.7. The Morgan fingerprint density at radius 3 is 2.56 bits per heavy atom. The second-order valence-corrected chi connectivity index (χ2v) is 7.56. The van der Waals surface area contributed by atoms with E-state index in [1.54, 1.807) is 18.2 Å². The number of rotatable bonds is 6. The molecule has 3 rings (SSSR count). The SMILES string of the molecule is O=C(CN1C=Nc2ccccc2S1(=O)=O)NCCCc1ccccc1. The van der Waals surface area contributed by atoms with E-state index >= 15 is 0 Å². The number of hydrogen-bond acceptors (Lipinski definition) is 4. The first-order chi connectivity index (χ1) is 12.1. The van der Waals surface area contributed by atoms with Gasteiger partial charge in [0.15, 0.2) is 0 Å². The molecule has 1 N–H and O–H groups in total. The Labute approximate surface area is 147 Å². The second kappa shape index (κ2) is 7.48. The van der Waals surface area contributed by atoms with E-state index in [1.807, 2.05) is 30.3 Å². The highest BCUT2D eigenvalue weighted by molar-refractivity contribution is 7.89. The van der Waals surface area contributed by atoms with Gasteiger partial charge < -0.3 is 5.32 Å². The number of nitrogens with zero attached hydrogens (tertiary/aromatic N) is 2. The van der Waals surface area contributed by atoms with E-state index in [9.17, 15) is 13.2 Å². The second-order valence-electron chi connectivity index (χ2n) is 5.70. The summed E-state index contributed by atoms with van der Waals surface area (Å²) < 4.78 is 26.0. The number of fused-ring (bicyclic) bond motifs is 1. The van der Waals surface area contributed by atoms with Gasteiger partial charge in [-0.25, -0.2) is 17.7 Å². The highest BCUT2D eigenvalue weighted by Crippen LogP contribution is 2.29. The Bertz CT molecular complexity index is 879. The van der Waals surface area contributed by atoms with Gasteiger partial charge in [-0.05, 0) is 30.5 Å². The smallest absolute Gasteiger partial charge is 0.267 e. The molecule has 1 amide bonds. The zero-order valence-electron chi connectivity index (χ0n) is 13.6. The molecule has 0 unspecified atom stereocenters. The van der Waals surface area contributed by atoms with Crippen molar-refractivity contribution in [1.82, 2.24) is 9.62 Å². The van der Waals surface area contributed by atoms with Crippen LogP contribution in [0, 0.1) is 0 Å². The lowest BCUT2D eigenvalue weighted by molar-refractivity contribution is -0.120. The van der Waals surface area contributed by atoms with E-state index in [0.717, 1.165) is 17.1 Å². The normalized spacial score (nSPS) is 14.8. The maximum Gasteiger partial charge on any atom is 0.267 e. The molecule has 6 nitrogen and oxygen atoms in total. The van der Waals surface area contributed by atoms with Gasteiger partial charge in [0.1, 0.15) is 17.8 Å². The Kier molecular flexibility index (Phi) is 5.14. The molecule has 0 radical (unpaired) electrons. The number of amides is 1. The van der Waals surface area contributed by atoms with Crippen LogP contribution in [-0.2, 0) is 21.2 Å². The number of benzene rings is 2. The molecule has 0 spiro atoms. The highest BCUT2D eigenvalue weighted by atomic mass is 32.2. The average molecular weight is 357 g/mol. The molecule has 2 aromatic rings. The quantitative estimate of drug-likeness (QED) is 0.804. The van der Waals surface area contributed by atoms with Crippen molar-refractivity contribution in [3.05, 3.63) is 60.2 Å². The summed E-state index contributed by atoms with van der Waals surface area (Å²) >= 11 is 0. The minimum atomic E-state index is -3.73. The molecule has 2 aromatic carbocycles. The predicted octanol–water partition coefficient (Wildman–Crippen LogP) is 2.10. The summed E-state index contributed by atoms with van der Waals surface area (Å²) in [6.45, 7) is 0.223. The molecule has 130 valence electrons. The highest BCUT2D eigenvalue weighted by Gasteiger charge is 2.29. The van der Waals surface area contributed by atoms with Gasteiger partial charge in [0.05, 0.1) is 5.69 Å². The van der Waals surface area contributed by atoms with Crippen molar-refractivity contribution in [2.24, 2.45) is 4.99 Å². The number of sulfonamides is 1. The Morgan fingerprint density at radius 1 is 1.04 bits per heavy atom. The molecule has 0 saturated heterocycles. The molecule has 0 fully saturated rings. The van der Waals surface area contributed by atoms with Crippen molar-refractivity contribution < 1.29 is 13.2 Å². The maximum atomic E-state index is 12.5. The molecule has 0 aromatic heterocycles. The first-order valence-corrected chi connectivity index (χ1v) is 9.47. The summed E-state index contributed by atoms with van der Waals surface area (Å²) in [5, 5.41) is 2.76.